The number of esters is 2. The second-order valence-corrected chi connectivity index (χ2v) is 17.3. The van der Waals surface area contributed by atoms with Crippen molar-refractivity contribution in [1.29, 1.82) is 0 Å². The smallest absolute Gasteiger partial charge is 0.306 e. The number of aliphatic hydroxyl groups is 4. The van der Waals surface area contributed by atoms with Crippen molar-refractivity contribution in [3.8, 4) is 0 Å². The van der Waals surface area contributed by atoms with Crippen LogP contribution in [-0.2, 0) is 28.5 Å². The summed E-state index contributed by atoms with van der Waals surface area (Å²) < 4.78 is 22.2. The van der Waals surface area contributed by atoms with Gasteiger partial charge in [-0.15, -0.1) is 0 Å². The molecule has 2 unspecified atom stereocenters. The number of rotatable bonds is 42. The topological polar surface area (TPSA) is 152 Å². The number of unbranched alkanes of at least 4 members (excludes halogenated alkanes) is 25. The van der Waals surface area contributed by atoms with Crippen LogP contribution in [0, 0.1) is 0 Å². The molecule has 356 valence electrons. The van der Waals surface area contributed by atoms with Gasteiger partial charge in [0.15, 0.2) is 12.4 Å². The third-order valence-electron chi connectivity index (χ3n) is 11.5. The molecule has 0 amide bonds. The van der Waals surface area contributed by atoms with E-state index < -0.39 is 49.4 Å². The Morgan fingerprint density at radius 1 is 0.508 bits per heavy atom. The summed E-state index contributed by atoms with van der Waals surface area (Å²) in [6.07, 6.45) is 41.4. The van der Waals surface area contributed by atoms with E-state index in [4.69, 9.17) is 18.9 Å². The van der Waals surface area contributed by atoms with Gasteiger partial charge < -0.3 is 39.4 Å². The first-order chi connectivity index (χ1) is 29.8. The van der Waals surface area contributed by atoms with Crippen LogP contribution in [0.25, 0.3) is 0 Å². The van der Waals surface area contributed by atoms with Crippen LogP contribution in [0.4, 0.5) is 0 Å². The predicted octanol–water partition coefficient (Wildman–Crippen LogP) is 11.4. The highest BCUT2D eigenvalue weighted by Gasteiger charge is 2.44. The van der Waals surface area contributed by atoms with E-state index in [2.05, 4.69) is 50.3 Å². The Hall–Kier alpha value is -2.08. The molecule has 0 saturated carbocycles. The second-order valence-electron chi connectivity index (χ2n) is 17.3. The molecular weight excluding hydrogens is 773 g/mol. The molecule has 1 fully saturated rings. The fraction of sp³-hybridized carbons (Fsp3) is 0.843. The summed E-state index contributed by atoms with van der Waals surface area (Å²) in [5.74, 6) is -0.812. The summed E-state index contributed by atoms with van der Waals surface area (Å²) in [4.78, 5) is 25.4. The first kappa shape index (κ1) is 56.9. The van der Waals surface area contributed by atoms with Crippen molar-refractivity contribution < 1.29 is 49.0 Å². The molecule has 1 aliphatic heterocycles. The van der Waals surface area contributed by atoms with Gasteiger partial charge >= 0.3 is 11.9 Å². The van der Waals surface area contributed by atoms with Crippen molar-refractivity contribution >= 4 is 11.9 Å². The van der Waals surface area contributed by atoms with E-state index in [0.717, 1.165) is 57.8 Å². The zero-order valence-corrected chi connectivity index (χ0v) is 38.9. The molecule has 0 aromatic carbocycles. The summed E-state index contributed by atoms with van der Waals surface area (Å²) in [7, 11) is 0. The van der Waals surface area contributed by atoms with Crippen molar-refractivity contribution in [3.63, 3.8) is 0 Å². The largest absolute Gasteiger partial charge is 0.462 e. The Morgan fingerprint density at radius 2 is 0.918 bits per heavy atom. The molecule has 61 heavy (non-hydrogen) atoms. The molecule has 1 saturated heterocycles. The number of allylic oxidation sites excluding steroid dienone is 6. The summed E-state index contributed by atoms with van der Waals surface area (Å²) in [6, 6.07) is 0. The SMILES string of the molecule is CCCCC/C=C/C/C=C/CCCCCCCCCC(=O)OC[C@H](CO[C@@H]1O[C@H](CO)[C@H](O)C(O)C1O)OC(=O)CCCCCCCCCCC/C=C/CCCCCCCC. The fourth-order valence-corrected chi connectivity index (χ4v) is 7.51. The molecule has 6 atom stereocenters. The predicted molar refractivity (Wildman–Crippen MR) is 247 cm³/mol. The molecule has 0 bridgehead atoms. The molecule has 0 aromatic heterocycles. The van der Waals surface area contributed by atoms with E-state index in [1.54, 1.807) is 0 Å². The Kier molecular flexibility index (Phi) is 39.1. The van der Waals surface area contributed by atoms with Crippen LogP contribution >= 0.6 is 0 Å². The zero-order chi connectivity index (χ0) is 44.4. The van der Waals surface area contributed by atoms with E-state index in [9.17, 15) is 30.0 Å². The maximum atomic E-state index is 12.8. The fourth-order valence-electron chi connectivity index (χ4n) is 7.51. The van der Waals surface area contributed by atoms with Crippen LogP contribution in [0.3, 0.4) is 0 Å². The van der Waals surface area contributed by atoms with E-state index >= 15 is 0 Å². The Bertz CT molecular complexity index is 1090. The van der Waals surface area contributed by atoms with Crippen LogP contribution in [0.15, 0.2) is 36.5 Å². The molecule has 0 spiro atoms. The lowest BCUT2D eigenvalue weighted by atomic mass is 9.99. The van der Waals surface area contributed by atoms with Crippen LogP contribution in [0.5, 0.6) is 0 Å². The number of carbonyl (C=O) groups excluding carboxylic acids is 2. The van der Waals surface area contributed by atoms with Crippen molar-refractivity contribution in [3.05, 3.63) is 36.5 Å². The number of ether oxygens (including phenoxy) is 4. The molecule has 0 aliphatic carbocycles. The van der Waals surface area contributed by atoms with E-state index in [1.807, 2.05) is 0 Å². The Morgan fingerprint density at radius 3 is 1.41 bits per heavy atom. The highest BCUT2D eigenvalue weighted by atomic mass is 16.7. The highest BCUT2D eigenvalue weighted by Crippen LogP contribution is 2.23. The lowest BCUT2D eigenvalue weighted by Crippen LogP contribution is -2.59. The summed E-state index contributed by atoms with van der Waals surface area (Å²) in [5, 5.41) is 40.2. The normalized spacial score (nSPS) is 20.0. The van der Waals surface area contributed by atoms with Gasteiger partial charge in [-0.05, 0) is 70.6 Å². The molecule has 0 radical (unpaired) electrons. The zero-order valence-electron chi connectivity index (χ0n) is 38.9. The maximum absolute atomic E-state index is 12.8. The number of hydrogen-bond acceptors (Lipinski definition) is 10. The van der Waals surface area contributed by atoms with Crippen molar-refractivity contribution in [2.45, 2.75) is 256 Å². The van der Waals surface area contributed by atoms with Crippen molar-refractivity contribution in [2.75, 3.05) is 19.8 Å². The van der Waals surface area contributed by atoms with Gasteiger partial charge in [-0.3, -0.25) is 9.59 Å². The van der Waals surface area contributed by atoms with Gasteiger partial charge in [0, 0.05) is 12.8 Å². The lowest BCUT2D eigenvalue weighted by Gasteiger charge is -2.39. The van der Waals surface area contributed by atoms with Crippen molar-refractivity contribution in [1.82, 2.24) is 0 Å². The van der Waals surface area contributed by atoms with E-state index in [0.29, 0.717) is 6.42 Å². The molecule has 10 nitrogen and oxygen atoms in total. The molecule has 10 heteroatoms. The monoisotopic (exact) mass is 865 g/mol. The molecule has 4 N–H and O–H groups in total. The van der Waals surface area contributed by atoms with Gasteiger partial charge in [-0.25, -0.2) is 0 Å². The number of hydrogen-bond donors (Lipinski definition) is 4. The summed E-state index contributed by atoms with van der Waals surface area (Å²) in [5.41, 5.74) is 0. The first-order valence-electron chi connectivity index (χ1n) is 25.1. The molecule has 0 aromatic rings. The van der Waals surface area contributed by atoms with Gasteiger partial charge in [0.2, 0.25) is 0 Å². The molecular formula is C51H92O10. The Labute approximate surface area is 372 Å². The quantitative estimate of drug-likeness (QED) is 0.0265. The number of carbonyl (C=O) groups is 2. The third kappa shape index (κ3) is 33.1. The van der Waals surface area contributed by atoms with E-state index in [1.165, 1.54) is 128 Å². The maximum Gasteiger partial charge on any atom is 0.306 e. The van der Waals surface area contributed by atoms with Gasteiger partial charge in [0.25, 0.3) is 0 Å². The van der Waals surface area contributed by atoms with Crippen LogP contribution in [0.2, 0.25) is 0 Å². The molecule has 1 aliphatic rings. The van der Waals surface area contributed by atoms with Gasteiger partial charge in [0.1, 0.15) is 31.0 Å². The third-order valence-corrected chi connectivity index (χ3v) is 11.5. The van der Waals surface area contributed by atoms with Crippen LogP contribution in [-0.4, -0.2) is 89.0 Å². The van der Waals surface area contributed by atoms with Gasteiger partial charge in [-0.2, -0.15) is 0 Å². The summed E-state index contributed by atoms with van der Waals surface area (Å²) >= 11 is 0. The average molecular weight is 865 g/mol. The molecule has 1 heterocycles. The lowest BCUT2D eigenvalue weighted by molar-refractivity contribution is -0.305. The van der Waals surface area contributed by atoms with Crippen LogP contribution in [0.1, 0.15) is 219 Å². The van der Waals surface area contributed by atoms with E-state index in [-0.39, 0.29) is 32.0 Å². The van der Waals surface area contributed by atoms with Crippen molar-refractivity contribution in [2.24, 2.45) is 0 Å². The van der Waals surface area contributed by atoms with Gasteiger partial charge in [0.05, 0.1) is 13.2 Å². The Balaban J connectivity index is 2.28. The minimum absolute atomic E-state index is 0.221. The summed E-state index contributed by atoms with van der Waals surface area (Å²) in [6.45, 7) is 3.41. The van der Waals surface area contributed by atoms with Crippen LogP contribution < -0.4 is 0 Å². The average Bonchev–Trinajstić information content (AvgIpc) is 3.26. The second kappa shape index (κ2) is 41.9. The molecule has 1 rings (SSSR count). The standard InChI is InChI=1S/C51H92O10/c1-3-5-7-9-11-13-15-17-19-21-22-24-26-28-30-32-34-36-38-40-47(54)60-44(43-59-51-50(57)49(56)48(55)45(41-52)61-51)42-58-46(53)39-37-35-33-31-29-27-25-23-20-18-16-14-12-10-8-6-4-2/h12,14,17-20,44-45,48-52,55-57H,3-11,13,15-16,21-43H2,1-2H3/b14-12+,19-17+,20-18+/t44-,45-,48+,49?,50?,51-/m1/s1. The van der Waals surface area contributed by atoms with Gasteiger partial charge in [-0.1, -0.05) is 172 Å². The minimum Gasteiger partial charge on any atom is -0.462 e. The minimum atomic E-state index is -1.60. The first-order valence-corrected chi connectivity index (χ1v) is 25.1. The number of aliphatic hydroxyl groups excluding tert-OH is 4. The highest BCUT2D eigenvalue weighted by molar-refractivity contribution is 5.70.